The zero-order valence-corrected chi connectivity index (χ0v) is 18.9. The fraction of sp³-hybridized carbons (Fsp3) is 0.346. The molecular weight excluding hydrogens is 423 g/mol. The first kappa shape index (κ1) is 21.4. The highest BCUT2D eigenvalue weighted by Crippen LogP contribution is 2.50. The van der Waals surface area contributed by atoms with Gasteiger partial charge in [0.1, 0.15) is 17.6 Å². The van der Waals surface area contributed by atoms with Crippen molar-refractivity contribution in [1.29, 1.82) is 0 Å². The molecule has 7 heteroatoms. The molecule has 0 spiro atoms. The van der Waals surface area contributed by atoms with Crippen LogP contribution < -0.4 is 14.5 Å². The summed E-state index contributed by atoms with van der Waals surface area (Å²) in [6, 6.07) is 9.62. The van der Waals surface area contributed by atoms with Gasteiger partial charge in [-0.25, -0.2) is 9.29 Å². The number of carbonyl (C=O) groups excluding carboxylic acids is 3. The number of fused-ring (bicyclic) bond motifs is 5. The number of ketones is 1. The largest absolute Gasteiger partial charge is 0.497 e. The molecule has 0 bridgehead atoms. The van der Waals surface area contributed by atoms with Crippen LogP contribution in [0.2, 0.25) is 0 Å². The molecule has 2 amide bonds. The first-order valence-corrected chi connectivity index (χ1v) is 11.0. The number of carbonyl (C=O) groups is 3. The average Bonchev–Trinajstić information content (AvgIpc) is 3.26. The fourth-order valence-electron chi connectivity index (χ4n) is 5.27. The molecule has 1 unspecified atom stereocenters. The molecule has 0 N–H and O–H groups in total. The molecule has 0 aliphatic carbocycles. The van der Waals surface area contributed by atoms with Gasteiger partial charge in [0.25, 0.3) is 0 Å². The van der Waals surface area contributed by atoms with Gasteiger partial charge < -0.3 is 9.64 Å². The number of Topliss-reactive ketones (excluding diaryl/α,β-unsaturated/α-hetero) is 1. The molecule has 0 radical (unpaired) electrons. The van der Waals surface area contributed by atoms with Gasteiger partial charge in [-0.3, -0.25) is 14.4 Å². The molecule has 2 fully saturated rings. The maximum absolute atomic E-state index is 13.7. The van der Waals surface area contributed by atoms with Crippen molar-refractivity contribution < 1.29 is 23.5 Å². The Hall–Kier alpha value is -3.48. The van der Waals surface area contributed by atoms with Gasteiger partial charge in [0.05, 0.1) is 30.7 Å². The highest BCUT2D eigenvalue weighted by molar-refractivity contribution is 6.25. The van der Waals surface area contributed by atoms with Crippen molar-refractivity contribution in [2.75, 3.05) is 16.9 Å². The van der Waals surface area contributed by atoms with E-state index in [0.29, 0.717) is 11.4 Å². The fourth-order valence-corrected chi connectivity index (χ4v) is 5.27. The zero-order valence-electron chi connectivity index (χ0n) is 18.9. The van der Waals surface area contributed by atoms with Gasteiger partial charge in [-0.1, -0.05) is 32.9 Å². The van der Waals surface area contributed by atoms with Crippen molar-refractivity contribution in [3.63, 3.8) is 0 Å². The Morgan fingerprint density at radius 2 is 1.67 bits per heavy atom. The van der Waals surface area contributed by atoms with E-state index in [1.807, 2.05) is 56.0 Å². The quantitative estimate of drug-likeness (QED) is 0.668. The smallest absolute Gasteiger partial charge is 0.240 e. The molecule has 4 atom stereocenters. The molecular formula is C26H25FN2O4. The van der Waals surface area contributed by atoms with Crippen molar-refractivity contribution in [2.45, 2.75) is 32.9 Å². The Labute approximate surface area is 191 Å². The van der Waals surface area contributed by atoms with Crippen LogP contribution in [-0.2, 0) is 14.4 Å². The lowest BCUT2D eigenvalue weighted by molar-refractivity contribution is -0.132. The number of rotatable bonds is 3. The van der Waals surface area contributed by atoms with E-state index >= 15 is 0 Å². The van der Waals surface area contributed by atoms with Gasteiger partial charge in [0.15, 0.2) is 5.78 Å². The van der Waals surface area contributed by atoms with Crippen LogP contribution >= 0.6 is 0 Å². The lowest BCUT2D eigenvalue weighted by Crippen LogP contribution is -2.51. The summed E-state index contributed by atoms with van der Waals surface area (Å²) >= 11 is 0. The second kappa shape index (κ2) is 7.27. The van der Waals surface area contributed by atoms with Gasteiger partial charge in [-0.15, -0.1) is 0 Å². The summed E-state index contributed by atoms with van der Waals surface area (Å²) in [5, 5.41) is 0. The number of hydrogen-bond acceptors (Lipinski definition) is 5. The minimum absolute atomic E-state index is 0.0980. The highest BCUT2D eigenvalue weighted by atomic mass is 19.1. The SMILES string of the molecule is COc1ccc2c(c1)C=CC1[C@@H]3C(=O)N(c4ccc(F)cc4)C(=O)[C@@H]3[C@H](C(=O)C(C)(C)C)N21. The number of benzene rings is 2. The van der Waals surface area contributed by atoms with Gasteiger partial charge >= 0.3 is 0 Å². The van der Waals surface area contributed by atoms with Crippen molar-refractivity contribution in [3.05, 3.63) is 59.9 Å². The molecule has 33 heavy (non-hydrogen) atoms. The number of hydrogen-bond donors (Lipinski definition) is 0. The number of amides is 2. The topological polar surface area (TPSA) is 66.9 Å². The van der Waals surface area contributed by atoms with Gasteiger partial charge in [0, 0.05) is 16.7 Å². The number of nitrogens with zero attached hydrogens (tertiary/aromatic N) is 2. The normalized spacial score (nSPS) is 25.7. The molecule has 3 heterocycles. The van der Waals surface area contributed by atoms with Crippen LogP contribution in [0.4, 0.5) is 15.8 Å². The maximum atomic E-state index is 13.7. The average molecular weight is 448 g/mol. The third kappa shape index (κ3) is 3.09. The van der Waals surface area contributed by atoms with Crippen molar-refractivity contribution in [1.82, 2.24) is 0 Å². The van der Waals surface area contributed by atoms with Crippen LogP contribution in [0, 0.1) is 23.1 Å². The zero-order chi connectivity index (χ0) is 23.7. The molecule has 2 saturated heterocycles. The lowest BCUT2D eigenvalue weighted by Gasteiger charge is -2.38. The summed E-state index contributed by atoms with van der Waals surface area (Å²) in [7, 11) is 1.59. The van der Waals surface area contributed by atoms with Gasteiger partial charge in [-0.2, -0.15) is 0 Å². The van der Waals surface area contributed by atoms with Crippen LogP contribution in [-0.4, -0.2) is 36.8 Å². The summed E-state index contributed by atoms with van der Waals surface area (Å²) in [5.74, 6) is -2.17. The van der Waals surface area contributed by atoms with Crippen LogP contribution in [0.25, 0.3) is 6.08 Å². The Balaban J connectivity index is 1.64. The monoisotopic (exact) mass is 448 g/mol. The van der Waals surface area contributed by atoms with Crippen molar-refractivity contribution in [2.24, 2.45) is 17.3 Å². The number of halogens is 1. The van der Waals surface area contributed by atoms with E-state index in [4.69, 9.17) is 4.74 Å². The second-order valence-electron chi connectivity index (χ2n) is 9.78. The first-order chi connectivity index (χ1) is 15.6. The molecule has 3 aliphatic rings. The van der Waals surface area contributed by atoms with Crippen LogP contribution in [0.15, 0.2) is 48.5 Å². The molecule has 170 valence electrons. The predicted molar refractivity (Wildman–Crippen MR) is 122 cm³/mol. The number of ether oxygens (including phenoxy) is 1. The summed E-state index contributed by atoms with van der Waals surface area (Å²) in [4.78, 5) is 44.0. The minimum Gasteiger partial charge on any atom is -0.497 e. The Kier molecular flexibility index (Phi) is 4.71. The molecule has 0 aromatic heterocycles. The molecule has 5 rings (SSSR count). The molecule has 2 aromatic rings. The van der Waals surface area contributed by atoms with E-state index in [0.717, 1.165) is 16.2 Å². The molecule has 6 nitrogen and oxygen atoms in total. The second-order valence-corrected chi connectivity index (χ2v) is 9.78. The Bertz CT molecular complexity index is 1200. The Morgan fingerprint density at radius 1 is 1.00 bits per heavy atom. The third-order valence-corrected chi connectivity index (χ3v) is 6.81. The van der Waals surface area contributed by atoms with Crippen molar-refractivity contribution in [3.8, 4) is 5.75 Å². The van der Waals surface area contributed by atoms with Crippen LogP contribution in [0.3, 0.4) is 0 Å². The highest BCUT2D eigenvalue weighted by Gasteiger charge is 2.65. The van der Waals surface area contributed by atoms with Crippen molar-refractivity contribution >= 4 is 35.0 Å². The van der Waals surface area contributed by atoms with E-state index in [1.165, 1.54) is 24.3 Å². The molecule has 0 saturated carbocycles. The van der Waals surface area contributed by atoms with Gasteiger partial charge in [0.2, 0.25) is 11.8 Å². The molecule has 3 aliphatic heterocycles. The summed E-state index contributed by atoms with van der Waals surface area (Å²) in [6.45, 7) is 5.47. The third-order valence-electron chi connectivity index (χ3n) is 6.81. The summed E-state index contributed by atoms with van der Waals surface area (Å²) in [6.07, 6.45) is 3.81. The van der Waals surface area contributed by atoms with E-state index in [9.17, 15) is 18.8 Å². The number of methoxy groups -OCH3 is 1. The Morgan fingerprint density at radius 3 is 2.30 bits per heavy atom. The maximum Gasteiger partial charge on any atom is 0.240 e. The van der Waals surface area contributed by atoms with E-state index in [2.05, 4.69) is 0 Å². The predicted octanol–water partition coefficient (Wildman–Crippen LogP) is 3.84. The molecule has 2 aromatic carbocycles. The number of imide groups is 1. The van der Waals surface area contributed by atoms with Crippen LogP contribution in [0.1, 0.15) is 26.3 Å². The van der Waals surface area contributed by atoms with Gasteiger partial charge in [-0.05, 0) is 42.5 Å². The van der Waals surface area contributed by atoms with Crippen LogP contribution in [0.5, 0.6) is 5.75 Å². The van der Waals surface area contributed by atoms with E-state index < -0.39 is 41.1 Å². The standard InChI is InChI=1S/C26H25FN2O4/c1-26(2,3)23(30)22-21-20(24(31)28(25(21)32)16-8-6-15(27)7-9-16)19-11-5-14-13-17(33-4)10-12-18(14)29(19)22/h5-13,19-22H,1-4H3/t19?,20-,21-,22+/m0/s1. The summed E-state index contributed by atoms with van der Waals surface area (Å²) in [5.41, 5.74) is 1.27. The summed E-state index contributed by atoms with van der Waals surface area (Å²) < 4.78 is 18.8. The van der Waals surface area contributed by atoms with E-state index in [1.54, 1.807) is 7.11 Å². The first-order valence-electron chi connectivity index (χ1n) is 11.0. The number of anilines is 2. The lowest BCUT2D eigenvalue weighted by atomic mass is 9.79. The van der Waals surface area contributed by atoms with E-state index in [-0.39, 0.29) is 11.7 Å². The minimum atomic E-state index is -0.822.